The lowest BCUT2D eigenvalue weighted by Crippen LogP contribution is -2.51. The van der Waals surface area contributed by atoms with Gasteiger partial charge in [-0.15, -0.1) is 0 Å². The summed E-state index contributed by atoms with van der Waals surface area (Å²) < 4.78 is 19.3. The first kappa shape index (κ1) is 18.2. The summed E-state index contributed by atoms with van der Waals surface area (Å²) in [7, 11) is 0. The van der Waals surface area contributed by atoms with Gasteiger partial charge in [0.15, 0.2) is 5.11 Å². The molecule has 0 aromatic heterocycles. The van der Waals surface area contributed by atoms with E-state index in [4.69, 9.17) is 17.0 Å². The third-order valence-corrected chi connectivity index (χ3v) is 4.34. The van der Waals surface area contributed by atoms with Crippen LogP contribution in [0, 0.1) is 5.82 Å². The van der Waals surface area contributed by atoms with Gasteiger partial charge in [0.05, 0.1) is 4.47 Å². The molecule has 1 saturated heterocycles. The van der Waals surface area contributed by atoms with Gasteiger partial charge >= 0.3 is 0 Å². The number of hydrogen-bond acceptors (Lipinski definition) is 4. The van der Waals surface area contributed by atoms with Crippen LogP contribution in [0.3, 0.4) is 0 Å². The minimum Gasteiger partial charge on any atom is -0.488 e. The number of rotatable bonds is 4. The van der Waals surface area contributed by atoms with Crippen LogP contribution in [-0.2, 0) is 16.2 Å². The van der Waals surface area contributed by atoms with E-state index in [1.165, 1.54) is 18.2 Å². The molecule has 0 saturated carbocycles. The van der Waals surface area contributed by atoms with Crippen LogP contribution in [0.2, 0.25) is 0 Å². The standard InChI is InChI=1S/C18H12BrFN2O3S/c19-14-8-11(7-13-16(23)21-18(26)22-17(13)24)3-6-15(14)25-9-10-1-4-12(20)5-2-10/h1-8H,9H2,(H2,21,22,23,24,26). The third-order valence-electron chi connectivity index (χ3n) is 3.52. The number of halogens is 2. The lowest BCUT2D eigenvalue weighted by molar-refractivity contribution is -0.123. The molecule has 0 aliphatic carbocycles. The van der Waals surface area contributed by atoms with Crippen LogP contribution in [0.1, 0.15) is 11.1 Å². The molecule has 8 heteroatoms. The normalized spacial score (nSPS) is 13.9. The molecule has 132 valence electrons. The maximum atomic E-state index is 12.9. The second-order valence-electron chi connectivity index (χ2n) is 5.40. The van der Waals surface area contributed by atoms with E-state index in [-0.39, 0.29) is 23.1 Å². The number of carbonyl (C=O) groups is 2. The van der Waals surface area contributed by atoms with Crippen LogP contribution in [-0.4, -0.2) is 16.9 Å². The molecule has 0 atom stereocenters. The van der Waals surface area contributed by atoms with Gasteiger partial charge in [-0.25, -0.2) is 4.39 Å². The van der Waals surface area contributed by atoms with Gasteiger partial charge in [-0.05, 0) is 69.6 Å². The molecule has 26 heavy (non-hydrogen) atoms. The second-order valence-corrected chi connectivity index (χ2v) is 6.66. The average molecular weight is 435 g/mol. The van der Waals surface area contributed by atoms with Crippen molar-refractivity contribution in [3.63, 3.8) is 0 Å². The van der Waals surface area contributed by atoms with E-state index in [1.54, 1.807) is 30.3 Å². The van der Waals surface area contributed by atoms with Gasteiger partial charge in [0.1, 0.15) is 23.7 Å². The highest BCUT2D eigenvalue weighted by Gasteiger charge is 2.25. The predicted molar refractivity (Wildman–Crippen MR) is 102 cm³/mol. The highest BCUT2D eigenvalue weighted by molar-refractivity contribution is 9.10. The van der Waals surface area contributed by atoms with E-state index in [0.717, 1.165) is 5.56 Å². The van der Waals surface area contributed by atoms with Crippen molar-refractivity contribution in [3.05, 3.63) is 69.5 Å². The highest BCUT2D eigenvalue weighted by Crippen LogP contribution is 2.28. The van der Waals surface area contributed by atoms with Gasteiger partial charge in [-0.1, -0.05) is 18.2 Å². The second kappa shape index (κ2) is 7.76. The molecule has 1 fully saturated rings. The minimum atomic E-state index is -0.550. The molecule has 2 aromatic rings. The van der Waals surface area contributed by atoms with Gasteiger partial charge < -0.3 is 4.74 Å². The number of amides is 2. The van der Waals surface area contributed by atoms with E-state index in [2.05, 4.69) is 26.6 Å². The van der Waals surface area contributed by atoms with E-state index in [9.17, 15) is 14.0 Å². The van der Waals surface area contributed by atoms with E-state index in [1.807, 2.05) is 0 Å². The largest absolute Gasteiger partial charge is 0.488 e. The Morgan fingerprint density at radius 2 is 1.73 bits per heavy atom. The van der Waals surface area contributed by atoms with Crippen LogP contribution >= 0.6 is 28.1 Å². The van der Waals surface area contributed by atoms with Crippen LogP contribution in [0.5, 0.6) is 5.75 Å². The van der Waals surface area contributed by atoms with Crippen LogP contribution in [0.4, 0.5) is 4.39 Å². The van der Waals surface area contributed by atoms with E-state index < -0.39 is 11.8 Å². The maximum Gasteiger partial charge on any atom is 0.263 e. The third kappa shape index (κ3) is 4.33. The van der Waals surface area contributed by atoms with Gasteiger partial charge in [0, 0.05) is 0 Å². The van der Waals surface area contributed by atoms with Crippen LogP contribution in [0.25, 0.3) is 6.08 Å². The zero-order valence-electron chi connectivity index (χ0n) is 13.2. The van der Waals surface area contributed by atoms with Crippen molar-refractivity contribution < 1.29 is 18.7 Å². The molecular weight excluding hydrogens is 423 g/mol. The summed E-state index contributed by atoms with van der Waals surface area (Å²) in [6.07, 6.45) is 1.46. The van der Waals surface area contributed by atoms with Crippen molar-refractivity contribution in [2.45, 2.75) is 6.61 Å². The monoisotopic (exact) mass is 434 g/mol. The Morgan fingerprint density at radius 3 is 2.35 bits per heavy atom. The van der Waals surface area contributed by atoms with Crippen molar-refractivity contribution in [3.8, 4) is 5.75 Å². The van der Waals surface area contributed by atoms with E-state index >= 15 is 0 Å². The molecule has 2 amide bonds. The van der Waals surface area contributed by atoms with Crippen molar-refractivity contribution in [2.75, 3.05) is 0 Å². The molecule has 0 bridgehead atoms. The number of nitrogens with one attached hydrogen (secondary N) is 2. The molecule has 2 aromatic carbocycles. The van der Waals surface area contributed by atoms with Crippen molar-refractivity contribution in [1.29, 1.82) is 0 Å². The van der Waals surface area contributed by atoms with Crippen molar-refractivity contribution in [1.82, 2.24) is 10.6 Å². The molecule has 0 spiro atoms. The van der Waals surface area contributed by atoms with Crippen LogP contribution in [0.15, 0.2) is 52.5 Å². The summed E-state index contributed by atoms with van der Waals surface area (Å²) >= 11 is 8.16. The lowest BCUT2D eigenvalue weighted by Gasteiger charge is -2.16. The molecule has 1 heterocycles. The van der Waals surface area contributed by atoms with Gasteiger partial charge in [0.25, 0.3) is 11.8 Å². The summed E-state index contributed by atoms with van der Waals surface area (Å²) in [4.78, 5) is 23.7. The first-order chi connectivity index (χ1) is 12.4. The molecule has 3 rings (SSSR count). The number of hydrogen-bond donors (Lipinski definition) is 2. The summed E-state index contributed by atoms with van der Waals surface area (Å²) in [6.45, 7) is 0.279. The average Bonchev–Trinajstić information content (AvgIpc) is 2.59. The fourth-order valence-corrected chi connectivity index (χ4v) is 2.94. The SMILES string of the molecule is O=C1NC(=S)NC(=O)C1=Cc1ccc(OCc2ccc(F)cc2)c(Br)c1. The minimum absolute atomic E-state index is 0.0112. The fourth-order valence-electron chi connectivity index (χ4n) is 2.24. The predicted octanol–water partition coefficient (Wildman–Crippen LogP) is 3.08. The quantitative estimate of drug-likeness (QED) is 0.440. The number of carbonyl (C=O) groups excluding carboxylic acids is 2. The summed E-state index contributed by atoms with van der Waals surface area (Å²) in [5, 5.41) is 4.74. The Kier molecular flexibility index (Phi) is 5.43. The maximum absolute atomic E-state index is 12.9. The molecule has 1 aliphatic rings. The Hall–Kier alpha value is -2.58. The zero-order chi connectivity index (χ0) is 18.7. The number of ether oxygens (including phenoxy) is 1. The molecule has 0 radical (unpaired) electrons. The number of thiocarbonyl (C=S) groups is 1. The Labute approximate surface area is 162 Å². The molecule has 1 aliphatic heterocycles. The molecule has 5 nitrogen and oxygen atoms in total. The zero-order valence-corrected chi connectivity index (χ0v) is 15.6. The fraction of sp³-hybridized carbons (Fsp3) is 0.0556. The highest BCUT2D eigenvalue weighted by atomic mass is 79.9. The van der Waals surface area contributed by atoms with Crippen molar-refractivity contribution in [2.24, 2.45) is 0 Å². The van der Waals surface area contributed by atoms with Gasteiger partial charge in [-0.2, -0.15) is 0 Å². The van der Waals surface area contributed by atoms with E-state index in [0.29, 0.717) is 15.8 Å². The Bertz CT molecular complexity index is 907. The van der Waals surface area contributed by atoms with Gasteiger partial charge in [0.2, 0.25) is 0 Å². The molecule has 2 N–H and O–H groups in total. The van der Waals surface area contributed by atoms with Crippen molar-refractivity contribution >= 4 is 51.2 Å². The molecular formula is C18H12BrFN2O3S. The van der Waals surface area contributed by atoms with Crippen LogP contribution < -0.4 is 15.4 Å². The number of benzene rings is 2. The Morgan fingerprint density at radius 1 is 1.08 bits per heavy atom. The van der Waals surface area contributed by atoms with Gasteiger partial charge in [-0.3, -0.25) is 20.2 Å². The Balaban J connectivity index is 1.74. The lowest BCUT2D eigenvalue weighted by atomic mass is 10.1. The summed E-state index contributed by atoms with van der Waals surface area (Å²) in [5.41, 5.74) is 1.43. The summed E-state index contributed by atoms with van der Waals surface area (Å²) in [6, 6.07) is 11.2. The first-order valence-corrected chi connectivity index (χ1v) is 8.67. The smallest absolute Gasteiger partial charge is 0.263 e. The summed E-state index contributed by atoms with van der Waals surface area (Å²) in [5.74, 6) is -0.822. The topological polar surface area (TPSA) is 67.4 Å². The first-order valence-electron chi connectivity index (χ1n) is 7.47. The molecule has 0 unspecified atom stereocenters.